The van der Waals surface area contributed by atoms with Gasteiger partial charge in [-0.1, -0.05) is 13.8 Å². The number of carbonyl (C=O) groups is 1. The van der Waals surface area contributed by atoms with Crippen LogP contribution in [0.25, 0.3) is 0 Å². The molecule has 0 amide bonds. The second kappa shape index (κ2) is 11.0. The van der Waals surface area contributed by atoms with Crippen LogP contribution in [0.2, 0.25) is 0 Å². The van der Waals surface area contributed by atoms with E-state index in [-0.39, 0.29) is 31.8 Å². The maximum Gasteiger partial charge on any atom is 0.186 e. The summed E-state index contributed by atoms with van der Waals surface area (Å²) < 4.78 is 22.0. The molecule has 1 unspecified atom stereocenters. The van der Waals surface area contributed by atoms with Crippen LogP contribution in [-0.2, 0) is 23.7 Å². The first-order valence-electron chi connectivity index (χ1n) is 12.2. The van der Waals surface area contributed by atoms with Crippen LogP contribution >= 0.6 is 0 Å². The summed E-state index contributed by atoms with van der Waals surface area (Å²) in [6.45, 7) is 5.60. The molecule has 2 heterocycles. The third kappa shape index (κ3) is 5.69. The zero-order valence-corrected chi connectivity index (χ0v) is 21.1. The van der Waals surface area contributed by atoms with E-state index in [1.54, 1.807) is 13.8 Å². The van der Waals surface area contributed by atoms with Crippen molar-refractivity contribution in [3.63, 3.8) is 0 Å². The Kier molecular flexibility index (Phi) is 9.01. The van der Waals surface area contributed by atoms with E-state index >= 15 is 0 Å². The lowest BCUT2D eigenvalue weighted by Crippen LogP contribution is -2.60. The first-order valence-corrected chi connectivity index (χ1v) is 12.2. The lowest BCUT2D eigenvalue weighted by molar-refractivity contribution is -0.318. The second-order valence-corrected chi connectivity index (χ2v) is 10.9. The molecule has 0 radical (unpaired) electrons. The highest BCUT2D eigenvalue weighted by Gasteiger charge is 2.51. The monoisotopic (exact) mass is 520 g/mol. The van der Waals surface area contributed by atoms with Crippen molar-refractivity contribution in [3.05, 3.63) is 11.6 Å². The molecule has 0 aromatic carbocycles. The van der Waals surface area contributed by atoms with Gasteiger partial charge in [0.05, 0.1) is 31.5 Å². The molecule has 1 aliphatic carbocycles. The van der Waals surface area contributed by atoms with Gasteiger partial charge in [0.25, 0.3) is 0 Å². The molecule has 2 aliphatic heterocycles. The Balaban J connectivity index is 1.58. The van der Waals surface area contributed by atoms with Gasteiger partial charge in [-0.3, -0.25) is 4.79 Å². The third-order valence-corrected chi connectivity index (χ3v) is 7.72. The molecule has 12 heteroatoms. The summed E-state index contributed by atoms with van der Waals surface area (Å²) >= 11 is 0. The summed E-state index contributed by atoms with van der Waals surface area (Å²) in [6, 6.07) is 0. The molecule has 2 saturated heterocycles. The van der Waals surface area contributed by atoms with Crippen molar-refractivity contribution in [2.75, 3.05) is 19.8 Å². The quantitative estimate of drug-likeness (QED) is 0.179. The van der Waals surface area contributed by atoms with Gasteiger partial charge in [0.15, 0.2) is 18.4 Å². The first kappa shape index (κ1) is 29.5. The average Bonchev–Trinajstić information content (AvgIpc) is 3.09. The van der Waals surface area contributed by atoms with Crippen LogP contribution in [0, 0.1) is 5.41 Å². The lowest BCUT2D eigenvalue weighted by atomic mass is 9.63. The van der Waals surface area contributed by atoms with Crippen molar-refractivity contribution in [1.29, 1.82) is 0 Å². The molecule has 7 N–H and O–H groups in total. The molecule has 0 spiro atoms. The van der Waals surface area contributed by atoms with Crippen molar-refractivity contribution < 1.29 is 59.5 Å². The highest BCUT2D eigenvalue weighted by molar-refractivity contribution is 5.92. The zero-order chi connectivity index (χ0) is 27.1. The van der Waals surface area contributed by atoms with Gasteiger partial charge in [0.2, 0.25) is 0 Å². The molecular formula is C24H40O12. The van der Waals surface area contributed by atoms with Crippen LogP contribution in [0.3, 0.4) is 0 Å². The summed E-state index contributed by atoms with van der Waals surface area (Å²) in [5, 5.41) is 71.8. The molecule has 0 aromatic rings. The minimum absolute atomic E-state index is 0.0393. The van der Waals surface area contributed by atoms with Gasteiger partial charge in [0, 0.05) is 11.8 Å². The number of aliphatic hydroxyl groups is 7. The molecule has 36 heavy (non-hydrogen) atoms. The van der Waals surface area contributed by atoms with E-state index in [2.05, 4.69) is 0 Å². The number of hydrogen-bond donors (Lipinski definition) is 7. The number of carbonyl (C=O) groups excluding carboxylic acids is 1. The van der Waals surface area contributed by atoms with Gasteiger partial charge in [-0.2, -0.15) is 0 Å². The lowest BCUT2D eigenvalue weighted by Gasteiger charge is -2.46. The van der Waals surface area contributed by atoms with Gasteiger partial charge in [-0.25, -0.2) is 0 Å². The van der Waals surface area contributed by atoms with E-state index in [0.717, 1.165) is 0 Å². The number of rotatable bonds is 9. The molecule has 12 nitrogen and oxygen atoms in total. The normalized spacial score (nSPS) is 43.9. The summed E-state index contributed by atoms with van der Waals surface area (Å²) in [5.74, 6) is -0.0393. The second-order valence-electron chi connectivity index (χ2n) is 10.9. The van der Waals surface area contributed by atoms with Gasteiger partial charge in [-0.15, -0.1) is 0 Å². The van der Waals surface area contributed by atoms with Gasteiger partial charge >= 0.3 is 0 Å². The van der Waals surface area contributed by atoms with E-state index in [0.29, 0.717) is 12.0 Å². The summed E-state index contributed by atoms with van der Waals surface area (Å²) in [7, 11) is 0. The summed E-state index contributed by atoms with van der Waals surface area (Å²) in [5.41, 5.74) is -3.22. The van der Waals surface area contributed by atoms with Gasteiger partial charge < -0.3 is 54.7 Å². The first-order chi connectivity index (χ1) is 16.6. The number of ether oxygens (including phenoxy) is 4. The molecule has 10 atom stereocenters. The zero-order valence-electron chi connectivity index (χ0n) is 21.1. The van der Waals surface area contributed by atoms with E-state index < -0.39 is 72.4 Å². The number of hydrogen-bond acceptors (Lipinski definition) is 12. The van der Waals surface area contributed by atoms with E-state index in [9.17, 15) is 40.5 Å². The molecule has 2 fully saturated rings. The highest BCUT2D eigenvalue weighted by Crippen LogP contribution is 2.46. The van der Waals surface area contributed by atoms with Crippen LogP contribution in [0.4, 0.5) is 0 Å². The summed E-state index contributed by atoms with van der Waals surface area (Å²) in [6.07, 6.45) is -8.34. The Bertz CT molecular complexity index is 817. The van der Waals surface area contributed by atoms with Gasteiger partial charge in [0.1, 0.15) is 36.1 Å². The van der Waals surface area contributed by atoms with Crippen LogP contribution in [0.1, 0.15) is 47.0 Å². The Hall–Kier alpha value is -1.03. The fraction of sp³-hybridized carbons (Fsp3) is 0.875. The maximum absolute atomic E-state index is 11.9. The molecule has 208 valence electrons. The Morgan fingerprint density at radius 1 is 1.11 bits per heavy atom. The molecule has 3 aliphatic rings. The predicted molar refractivity (Wildman–Crippen MR) is 122 cm³/mol. The molecule has 0 bridgehead atoms. The van der Waals surface area contributed by atoms with Crippen LogP contribution < -0.4 is 0 Å². The largest absolute Gasteiger partial charge is 0.393 e. The minimum atomic E-state index is -1.88. The van der Waals surface area contributed by atoms with Crippen LogP contribution in [-0.4, -0.2) is 122 Å². The Morgan fingerprint density at radius 2 is 1.78 bits per heavy atom. The van der Waals surface area contributed by atoms with Crippen molar-refractivity contribution in [2.45, 2.75) is 107 Å². The van der Waals surface area contributed by atoms with Crippen molar-refractivity contribution in [3.8, 4) is 0 Å². The van der Waals surface area contributed by atoms with E-state index in [1.807, 2.05) is 13.8 Å². The van der Waals surface area contributed by atoms with Crippen molar-refractivity contribution in [2.24, 2.45) is 5.41 Å². The topological polar surface area (TPSA) is 196 Å². The molecule has 0 saturated carbocycles. The number of allylic oxidation sites excluding steroid dienone is 1. The number of ketones is 1. The molecular weight excluding hydrogens is 480 g/mol. The smallest absolute Gasteiger partial charge is 0.186 e. The molecule has 3 rings (SSSR count). The van der Waals surface area contributed by atoms with Crippen LogP contribution in [0.15, 0.2) is 11.6 Å². The van der Waals surface area contributed by atoms with E-state index in [4.69, 9.17) is 18.9 Å². The fourth-order valence-electron chi connectivity index (χ4n) is 5.06. The fourth-order valence-corrected chi connectivity index (χ4v) is 5.06. The maximum atomic E-state index is 11.9. The molecule has 0 aromatic heterocycles. The standard InChI is InChI=1S/C24H40O12/c1-12-7-14(26)8-22(3,4)24(12,32)6-5-13(2)35-20-18(29)17(28)16(27)15(36-20)9-33-21-19(30)23(31,10-25)11-34-21/h7,13,15-21,25,27-32H,5-6,8-11H2,1-4H3/t13?,15-,16-,17+,18-,19-,20+,21+,23+,24+/m0/s1. The SMILES string of the molecule is CC1=CC(=O)CC(C)(C)[C@@]1(O)CCC(C)O[C@@H]1O[C@@H](CO[C@@H]2OC[C@](O)(CO)[C@H]2O)[C@H](O)[C@@H](O)[C@@H]1O. The number of aliphatic hydroxyl groups excluding tert-OH is 5. The average molecular weight is 521 g/mol. The van der Waals surface area contributed by atoms with Gasteiger partial charge in [-0.05, 0) is 38.3 Å². The highest BCUT2D eigenvalue weighted by atomic mass is 16.7. The van der Waals surface area contributed by atoms with Crippen LogP contribution in [0.5, 0.6) is 0 Å². The summed E-state index contributed by atoms with van der Waals surface area (Å²) in [4.78, 5) is 11.9. The Morgan fingerprint density at radius 3 is 2.36 bits per heavy atom. The Labute approximate surface area is 210 Å². The minimum Gasteiger partial charge on any atom is -0.393 e. The van der Waals surface area contributed by atoms with E-state index in [1.165, 1.54) is 6.08 Å². The predicted octanol–water partition coefficient (Wildman–Crippen LogP) is -1.89. The third-order valence-electron chi connectivity index (χ3n) is 7.72. The van der Waals surface area contributed by atoms with Crippen molar-refractivity contribution >= 4 is 5.78 Å². The van der Waals surface area contributed by atoms with Crippen molar-refractivity contribution in [1.82, 2.24) is 0 Å².